The van der Waals surface area contributed by atoms with Crippen molar-refractivity contribution >= 4 is 28.0 Å². The average Bonchev–Trinajstić information content (AvgIpc) is 2.71. The number of carbonyl (C=O) groups is 2. The second-order valence-electron chi connectivity index (χ2n) is 5.86. The van der Waals surface area contributed by atoms with Crippen molar-refractivity contribution in [1.82, 2.24) is 4.31 Å². The van der Waals surface area contributed by atoms with E-state index in [-0.39, 0.29) is 23.7 Å². The van der Waals surface area contributed by atoms with Crippen LogP contribution in [-0.4, -0.2) is 71.3 Å². The molecule has 1 atom stereocenters. The van der Waals surface area contributed by atoms with E-state index < -0.39 is 28.1 Å². The van der Waals surface area contributed by atoms with Crippen LogP contribution in [0.3, 0.4) is 0 Å². The number of hydrogen-bond acceptors (Lipinski definition) is 8. The van der Waals surface area contributed by atoms with Gasteiger partial charge in [0, 0.05) is 19.2 Å². The second kappa shape index (κ2) is 9.67. The molecular weight excluding hydrogens is 390 g/mol. The smallest absolute Gasteiger partial charge is 0.346 e. The highest BCUT2D eigenvalue weighted by molar-refractivity contribution is 7.89. The molecule has 0 bridgehead atoms. The van der Waals surface area contributed by atoms with Crippen LogP contribution in [0.1, 0.15) is 12.5 Å². The molecular formula is C18H23NO8S. The molecule has 1 unspecified atom stereocenters. The van der Waals surface area contributed by atoms with E-state index >= 15 is 0 Å². The third-order valence-corrected chi connectivity index (χ3v) is 5.93. The van der Waals surface area contributed by atoms with E-state index in [2.05, 4.69) is 4.74 Å². The van der Waals surface area contributed by atoms with Gasteiger partial charge >= 0.3 is 11.9 Å². The molecule has 1 aromatic carbocycles. The van der Waals surface area contributed by atoms with E-state index in [4.69, 9.17) is 14.2 Å². The maximum absolute atomic E-state index is 12.9. The summed E-state index contributed by atoms with van der Waals surface area (Å²) in [7, 11) is -1.21. The van der Waals surface area contributed by atoms with E-state index in [1.807, 2.05) is 0 Å². The Kier molecular flexibility index (Phi) is 7.55. The molecule has 0 radical (unpaired) electrons. The van der Waals surface area contributed by atoms with Crippen LogP contribution < -0.4 is 4.74 Å². The van der Waals surface area contributed by atoms with Crippen molar-refractivity contribution in [3.8, 4) is 5.75 Å². The van der Waals surface area contributed by atoms with Crippen molar-refractivity contribution in [2.45, 2.75) is 17.9 Å². The number of methoxy groups -OCH3 is 2. The highest BCUT2D eigenvalue weighted by atomic mass is 32.2. The fourth-order valence-electron chi connectivity index (χ4n) is 2.52. The number of carbonyl (C=O) groups excluding carboxylic acids is 2. The van der Waals surface area contributed by atoms with Crippen molar-refractivity contribution in [1.29, 1.82) is 0 Å². The predicted molar refractivity (Wildman–Crippen MR) is 99.2 cm³/mol. The van der Waals surface area contributed by atoms with Gasteiger partial charge in [-0.15, -0.1) is 0 Å². The molecule has 0 N–H and O–H groups in total. The zero-order valence-electron chi connectivity index (χ0n) is 15.9. The van der Waals surface area contributed by atoms with Crippen LogP contribution in [0.25, 0.3) is 6.08 Å². The van der Waals surface area contributed by atoms with Crippen molar-refractivity contribution in [2.24, 2.45) is 0 Å². The summed E-state index contributed by atoms with van der Waals surface area (Å²) >= 11 is 0. The quantitative estimate of drug-likeness (QED) is 0.478. The normalized spacial score (nSPS) is 16.5. The van der Waals surface area contributed by atoms with Crippen LogP contribution >= 0.6 is 0 Å². The van der Waals surface area contributed by atoms with Gasteiger partial charge in [-0.1, -0.05) is 6.07 Å². The van der Waals surface area contributed by atoms with Crippen LogP contribution in [0.4, 0.5) is 0 Å². The van der Waals surface area contributed by atoms with Crippen LogP contribution in [0, 0.1) is 0 Å². The molecule has 1 heterocycles. The number of sulfonamides is 1. The Morgan fingerprint density at radius 3 is 2.50 bits per heavy atom. The summed E-state index contributed by atoms with van der Waals surface area (Å²) in [5.41, 5.74) is 0.454. The van der Waals surface area contributed by atoms with Crippen molar-refractivity contribution in [2.75, 3.05) is 40.5 Å². The number of hydrogen-bond donors (Lipinski definition) is 0. The topological polar surface area (TPSA) is 108 Å². The highest BCUT2D eigenvalue weighted by Gasteiger charge is 2.29. The van der Waals surface area contributed by atoms with Gasteiger partial charge in [0.05, 0.1) is 27.4 Å². The minimum atomic E-state index is -3.78. The van der Waals surface area contributed by atoms with Gasteiger partial charge in [0.2, 0.25) is 10.0 Å². The molecule has 0 aromatic heterocycles. The van der Waals surface area contributed by atoms with Crippen molar-refractivity contribution in [3.05, 3.63) is 29.8 Å². The first-order chi connectivity index (χ1) is 13.3. The Morgan fingerprint density at radius 1 is 1.21 bits per heavy atom. The van der Waals surface area contributed by atoms with E-state index in [1.165, 1.54) is 43.7 Å². The molecule has 0 spiro atoms. The average molecular weight is 413 g/mol. The second-order valence-corrected chi connectivity index (χ2v) is 7.77. The lowest BCUT2D eigenvalue weighted by molar-refractivity contribution is -0.161. The van der Waals surface area contributed by atoms with E-state index in [0.717, 1.165) is 6.08 Å². The molecule has 0 aliphatic carbocycles. The molecule has 1 aromatic rings. The third kappa shape index (κ3) is 5.31. The summed E-state index contributed by atoms with van der Waals surface area (Å²) in [6, 6.07) is 4.53. The fraction of sp³-hybridized carbons (Fsp3) is 0.444. The molecule has 1 aliphatic heterocycles. The minimum absolute atomic E-state index is 0.00431. The number of benzene rings is 1. The molecule has 0 saturated carbocycles. The maximum atomic E-state index is 12.9. The maximum Gasteiger partial charge on any atom is 0.346 e. The lowest BCUT2D eigenvalue weighted by Crippen LogP contribution is -2.40. The standard InChI is InChI=1S/C18H23NO8S/c1-13(18(21)25-3)27-17(20)7-5-14-4-6-15(24-2)16(12-14)28(22,23)19-8-10-26-11-9-19/h4-7,12-13H,8-11H2,1-3H3/b7-5+. The van der Waals surface area contributed by atoms with Crippen LogP contribution in [0.5, 0.6) is 5.75 Å². The zero-order valence-corrected chi connectivity index (χ0v) is 16.7. The minimum Gasteiger partial charge on any atom is -0.495 e. The molecule has 1 saturated heterocycles. The largest absolute Gasteiger partial charge is 0.495 e. The first kappa shape index (κ1) is 21.9. The summed E-state index contributed by atoms with van der Waals surface area (Å²) in [5.74, 6) is -1.23. The summed E-state index contributed by atoms with van der Waals surface area (Å²) in [4.78, 5) is 23.1. The molecule has 1 fully saturated rings. The van der Waals surface area contributed by atoms with Gasteiger partial charge in [0.15, 0.2) is 6.10 Å². The number of rotatable bonds is 7. The molecule has 2 rings (SSSR count). The van der Waals surface area contributed by atoms with Crippen LogP contribution in [0.2, 0.25) is 0 Å². The Labute approximate surface area is 163 Å². The summed E-state index contributed by atoms with van der Waals surface area (Å²) in [6.07, 6.45) is 1.45. The molecule has 1 aliphatic rings. The first-order valence-corrected chi connectivity index (χ1v) is 9.96. The number of morpholine rings is 1. The van der Waals surface area contributed by atoms with Gasteiger partial charge in [-0.3, -0.25) is 0 Å². The van der Waals surface area contributed by atoms with E-state index in [9.17, 15) is 18.0 Å². The SMILES string of the molecule is COC(=O)C(C)OC(=O)/C=C/c1ccc(OC)c(S(=O)(=O)N2CCOCC2)c1. The van der Waals surface area contributed by atoms with Gasteiger partial charge in [0.1, 0.15) is 10.6 Å². The Morgan fingerprint density at radius 2 is 1.89 bits per heavy atom. The van der Waals surface area contributed by atoms with Gasteiger partial charge in [0.25, 0.3) is 0 Å². The first-order valence-electron chi connectivity index (χ1n) is 8.52. The van der Waals surface area contributed by atoms with Crippen LogP contribution in [-0.2, 0) is 33.8 Å². The molecule has 9 nitrogen and oxygen atoms in total. The molecule has 154 valence electrons. The predicted octanol–water partition coefficient (Wildman–Crippen LogP) is 0.834. The number of esters is 2. The number of ether oxygens (including phenoxy) is 4. The summed E-state index contributed by atoms with van der Waals surface area (Å²) in [6.45, 7) is 2.54. The monoisotopic (exact) mass is 413 g/mol. The summed E-state index contributed by atoms with van der Waals surface area (Å²) < 4.78 is 47.0. The van der Waals surface area contributed by atoms with E-state index in [1.54, 1.807) is 6.07 Å². The lowest BCUT2D eigenvalue weighted by Gasteiger charge is -2.26. The van der Waals surface area contributed by atoms with Gasteiger partial charge in [-0.25, -0.2) is 18.0 Å². The molecule has 10 heteroatoms. The Hall–Kier alpha value is -2.43. The van der Waals surface area contributed by atoms with Crippen LogP contribution in [0.15, 0.2) is 29.2 Å². The van der Waals surface area contributed by atoms with E-state index in [0.29, 0.717) is 18.8 Å². The van der Waals surface area contributed by atoms with Gasteiger partial charge in [-0.05, 0) is 30.7 Å². The zero-order chi connectivity index (χ0) is 20.7. The summed E-state index contributed by atoms with van der Waals surface area (Å²) in [5, 5.41) is 0. The number of nitrogens with zero attached hydrogens (tertiary/aromatic N) is 1. The van der Waals surface area contributed by atoms with Gasteiger partial charge < -0.3 is 18.9 Å². The van der Waals surface area contributed by atoms with Crippen molar-refractivity contribution in [3.63, 3.8) is 0 Å². The molecule has 0 amide bonds. The fourth-order valence-corrected chi connectivity index (χ4v) is 4.12. The van der Waals surface area contributed by atoms with Crippen molar-refractivity contribution < 1.29 is 37.0 Å². The Balaban J connectivity index is 2.22. The third-order valence-electron chi connectivity index (χ3n) is 4.01. The molecule has 28 heavy (non-hydrogen) atoms. The highest BCUT2D eigenvalue weighted by Crippen LogP contribution is 2.28. The Bertz CT molecular complexity index is 843. The van der Waals surface area contributed by atoms with Gasteiger partial charge in [-0.2, -0.15) is 4.31 Å². The lowest BCUT2D eigenvalue weighted by atomic mass is 10.2.